The molecule has 0 saturated heterocycles. The van der Waals surface area contributed by atoms with Gasteiger partial charge < -0.3 is 9.47 Å². The van der Waals surface area contributed by atoms with Crippen molar-refractivity contribution in [1.82, 2.24) is 0 Å². The van der Waals surface area contributed by atoms with Gasteiger partial charge in [0.1, 0.15) is 0 Å². The van der Waals surface area contributed by atoms with E-state index in [9.17, 15) is 9.59 Å². The molecule has 0 heterocycles. The predicted molar refractivity (Wildman–Crippen MR) is 119 cm³/mol. The number of esters is 2. The maximum atomic E-state index is 11.8. The van der Waals surface area contributed by atoms with E-state index < -0.39 is 0 Å². The quantitative estimate of drug-likeness (QED) is 0.516. The molecule has 4 aliphatic rings. The van der Waals surface area contributed by atoms with Crippen molar-refractivity contribution in [2.45, 2.75) is 39.5 Å². The second kappa shape index (κ2) is 10.6. The molecule has 0 saturated carbocycles. The molecule has 0 fully saturated rings. The largest absolute Gasteiger partial charge is 0.463 e. The molecule has 0 aromatic heterocycles. The number of hydrogen-bond acceptors (Lipinski definition) is 4. The van der Waals surface area contributed by atoms with Crippen LogP contribution in [0.5, 0.6) is 0 Å². The topological polar surface area (TPSA) is 52.6 Å². The van der Waals surface area contributed by atoms with E-state index in [2.05, 4.69) is 36.4 Å². The first-order valence-corrected chi connectivity index (χ1v) is 10.5. The van der Waals surface area contributed by atoms with Crippen molar-refractivity contribution in [3.05, 3.63) is 81.9 Å². The molecule has 4 bridgehead atoms. The van der Waals surface area contributed by atoms with E-state index in [4.69, 9.17) is 9.47 Å². The summed E-state index contributed by atoms with van der Waals surface area (Å²) in [5, 5.41) is 0. The van der Waals surface area contributed by atoms with Crippen LogP contribution in [0.25, 0.3) is 12.2 Å². The summed E-state index contributed by atoms with van der Waals surface area (Å²) in [6, 6.07) is 13.0. The Morgan fingerprint density at radius 3 is 1.57 bits per heavy atom. The van der Waals surface area contributed by atoms with E-state index >= 15 is 0 Å². The van der Waals surface area contributed by atoms with Crippen LogP contribution >= 0.6 is 0 Å². The summed E-state index contributed by atoms with van der Waals surface area (Å²) >= 11 is 0. The Labute approximate surface area is 178 Å². The van der Waals surface area contributed by atoms with Crippen LogP contribution in [0.4, 0.5) is 0 Å². The number of rotatable bonds is 6. The molecule has 0 N–H and O–H groups in total. The van der Waals surface area contributed by atoms with Crippen molar-refractivity contribution in [2.75, 3.05) is 13.2 Å². The summed E-state index contributed by atoms with van der Waals surface area (Å²) in [4.78, 5) is 23.5. The molecule has 0 unspecified atom stereocenters. The van der Waals surface area contributed by atoms with Gasteiger partial charge in [0.15, 0.2) is 0 Å². The van der Waals surface area contributed by atoms with E-state index in [-0.39, 0.29) is 11.9 Å². The van der Waals surface area contributed by atoms with Gasteiger partial charge in [-0.25, -0.2) is 9.59 Å². The number of aryl methyl sites for hydroxylation is 4. The third kappa shape index (κ3) is 5.93. The molecule has 0 atom stereocenters. The summed E-state index contributed by atoms with van der Waals surface area (Å²) in [6.07, 6.45) is 10.2. The number of hydrogen-bond donors (Lipinski definition) is 0. The number of ether oxygens (including phenoxy) is 2. The van der Waals surface area contributed by atoms with Gasteiger partial charge >= 0.3 is 11.9 Å². The molecule has 2 aromatic carbocycles. The average molecular weight is 405 g/mol. The summed E-state index contributed by atoms with van der Waals surface area (Å²) < 4.78 is 10.0. The minimum Gasteiger partial charge on any atom is -0.463 e. The van der Waals surface area contributed by atoms with Crippen LogP contribution in [0.1, 0.15) is 47.2 Å². The highest BCUT2D eigenvalue weighted by Gasteiger charge is 2.10. The molecular weight excluding hydrogens is 376 g/mol. The lowest BCUT2D eigenvalue weighted by molar-refractivity contribution is -0.138. The van der Waals surface area contributed by atoms with Crippen molar-refractivity contribution in [3.8, 4) is 0 Å². The third-order valence-electron chi connectivity index (χ3n) is 5.16. The fourth-order valence-electron chi connectivity index (χ4n) is 3.62. The Kier molecular flexibility index (Phi) is 7.61. The van der Waals surface area contributed by atoms with Gasteiger partial charge in [-0.2, -0.15) is 0 Å². The minimum atomic E-state index is -0.323. The van der Waals surface area contributed by atoms with Crippen molar-refractivity contribution in [2.24, 2.45) is 0 Å². The lowest BCUT2D eigenvalue weighted by atomic mass is 9.91. The Balaban J connectivity index is 1.88. The van der Waals surface area contributed by atoms with Gasteiger partial charge in [0.2, 0.25) is 0 Å². The lowest BCUT2D eigenvalue weighted by Crippen LogP contribution is -2.03. The van der Waals surface area contributed by atoms with Crippen LogP contribution in [0.2, 0.25) is 0 Å². The van der Waals surface area contributed by atoms with Crippen molar-refractivity contribution in [3.63, 3.8) is 0 Å². The summed E-state index contributed by atoms with van der Waals surface area (Å²) in [5.41, 5.74) is 6.94. The molecular formula is C26H28O4. The molecule has 6 rings (SSSR count). The monoisotopic (exact) mass is 404 g/mol. The first-order valence-electron chi connectivity index (χ1n) is 10.5. The molecule has 156 valence electrons. The van der Waals surface area contributed by atoms with E-state index in [1.165, 1.54) is 34.4 Å². The number of carbonyl (C=O) groups is 2. The van der Waals surface area contributed by atoms with Gasteiger partial charge in [-0.05, 0) is 85.1 Å². The van der Waals surface area contributed by atoms with E-state index in [1.54, 1.807) is 13.8 Å². The van der Waals surface area contributed by atoms with Gasteiger partial charge in [0.25, 0.3) is 0 Å². The van der Waals surface area contributed by atoms with E-state index in [0.29, 0.717) is 13.2 Å². The fourth-order valence-corrected chi connectivity index (χ4v) is 3.62. The van der Waals surface area contributed by atoms with Gasteiger partial charge in [0, 0.05) is 12.2 Å². The van der Waals surface area contributed by atoms with Gasteiger partial charge in [-0.1, -0.05) is 36.4 Å². The van der Waals surface area contributed by atoms with Crippen LogP contribution in [-0.2, 0) is 44.7 Å². The van der Waals surface area contributed by atoms with E-state index in [0.717, 1.165) is 36.8 Å². The normalized spacial score (nSPS) is 13.4. The third-order valence-corrected chi connectivity index (χ3v) is 5.16. The predicted octanol–water partition coefficient (Wildman–Crippen LogP) is 4.72. The Hall–Kier alpha value is -3.14. The molecule has 0 spiro atoms. The SMILES string of the molecule is CCOC(=O)/C=C/c1cc2ccc1CCc1ccc(cc1/C=C/C(=O)OCC)CC2. The molecule has 0 amide bonds. The second-order valence-electron chi connectivity index (χ2n) is 7.24. The molecule has 0 radical (unpaired) electrons. The highest BCUT2D eigenvalue weighted by molar-refractivity contribution is 5.88. The van der Waals surface area contributed by atoms with E-state index in [1.807, 2.05) is 12.2 Å². The smallest absolute Gasteiger partial charge is 0.330 e. The van der Waals surface area contributed by atoms with Crippen LogP contribution in [0, 0.1) is 0 Å². The molecule has 2 aromatic rings. The van der Waals surface area contributed by atoms with Gasteiger partial charge in [-0.15, -0.1) is 0 Å². The standard InChI is InChI=1S/C26H28O4/c1-3-29-25(27)15-13-23-17-19-5-6-20-8-10-22(12-11-21(23)9-7-19)24(18-20)14-16-26(28)30-4-2/h7-10,13-18H,3-6,11-12H2,1-2H3/b15-13+,16-14+. The van der Waals surface area contributed by atoms with Crippen LogP contribution in [0.15, 0.2) is 48.6 Å². The Morgan fingerprint density at radius 1 is 0.733 bits per heavy atom. The highest BCUT2D eigenvalue weighted by atomic mass is 16.5. The Morgan fingerprint density at radius 2 is 1.17 bits per heavy atom. The zero-order chi connectivity index (χ0) is 21.3. The first-order chi connectivity index (χ1) is 14.6. The lowest BCUT2D eigenvalue weighted by Gasteiger charge is -2.14. The zero-order valence-electron chi connectivity index (χ0n) is 17.6. The van der Waals surface area contributed by atoms with Crippen molar-refractivity contribution < 1.29 is 19.1 Å². The van der Waals surface area contributed by atoms with Gasteiger partial charge in [-0.3, -0.25) is 0 Å². The first kappa shape index (κ1) is 21.6. The van der Waals surface area contributed by atoms with Gasteiger partial charge in [0.05, 0.1) is 13.2 Å². The highest BCUT2D eigenvalue weighted by Crippen LogP contribution is 2.23. The second-order valence-corrected chi connectivity index (χ2v) is 7.24. The number of benzene rings is 2. The molecule has 30 heavy (non-hydrogen) atoms. The molecule has 4 heteroatoms. The van der Waals surface area contributed by atoms with Crippen LogP contribution < -0.4 is 0 Å². The maximum Gasteiger partial charge on any atom is 0.330 e. The fraction of sp³-hybridized carbons (Fsp3) is 0.308. The number of carbonyl (C=O) groups excluding carboxylic acids is 2. The molecule has 4 nitrogen and oxygen atoms in total. The molecule has 0 aliphatic heterocycles. The van der Waals surface area contributed by atoms with Crippen molar-refractivity contribution in [1.29, 1.82) is 0 Å². The summed E-state index contributed by atoms with van der Waals surface area (Å²) in [5.74, 6) is -0.646. The average Bonchev–Trinajstić information content (AvgIpc) is 2.73. The van der Waals surface area contributed by atoms with Crippen molar-refractivity contribution >= 4 is 24.1 Å². The zero-order valence-corrected chi connectivity index (χ0v) is 17.6. The minimum absolute atomic E-state index is 0.323. The maximum absolute atomic E-state index is 11.8. The summed E-state index contributed by atoms with van der Waals surface area (Å²) in [6.45, 7) is 4.34. The Bertz CT molecular complexity index is 889. The molecule has 4 aliphatic carbocycles. The summed E-state index contributed by atoms with van der Waals surface area (Å²) in [7, 11) is 0. The van der Waals surface area contributed by atoms with Crippen LogP contribution in [0.3, 0.4) is 0 Å². The van der Waals surface area contributed by atoms with Crippen LogP contribution in [-0.4, -0.2) is 25.2 Å².